The predicted molar refractivity (Wildman–Crippen MR) is 69.8 cm³/mol. The number of ether oxygens (including phenoxy) is 1. The molecular weight excluding hydrogens is 248 g/mol. The number of benzene rings is 1. The number of nitrogens with one attached hydrogen (secondary N) is 2. The molecule has 0 aliphatic rings. The number of methoxy groups -OCH3 is 1. The third-order valence-corrected chi connectivity index (χ3v) is 2.47. The van der Waals surface area contributed by atoms with Gasteiger partial charge in [0.15, 0.2) is 6.04 Å². The lowest BCUT2D eigenvalue weighted by atomic mass is 10.1. The highest BCUT2D eigenvalue weighted by Gasteiger charge is 2.21. The van der Waals surface area contributed by atoms with Crippen molar-refractivity contribution in [1.82, 2.24) is 10.6 Å². The minimum atomic E-state index is -1.10. The van der Waals surface area contributed by atoms with Gasteiger partial charge in [-0.3, -0.25) is 0 Å². The van der Waals surface area contributed by atoms with Crippen LogP contribution >= 0.6 is 0 Å². The molecule has 19 heavy (non-hydrogen) atoms. The molecular formula is C13H18N2O4. The largest absolute Gasteiger partial charge is 0.479 e. The number of carbonyl (C=O) groups is 2. The summed E-state index contributed by atoms with van der Waals surface area (Å²) in [6.07, 6.45) is 0.674. The maximum Gasteiger partial charge on any atom is 0.330 e. The van der Waals surface area contributed by atoms with E-state index in [4.69, 9.17) is 9.84 Å². The number of hydrogen-bond acceptors (Lipinski definition) is 3. The van der Waals surface area contributed by atoms with E-state index in [0.717, 1.165) is 0 Å². The van der Waals surface area contributed by atoms with Gasteiger partial charge in [-0.05, 0) is 12.0 Å². The Morgan fingerprint density at radius 1 is 1.32 bits per heavy atom. The summed E-state index contributed by atoms with van der Waals surface area (Å²) in [6.45, 7) is 0.974. The molecule has 3 N–H and O–H groups in total. The Morgan fingerprint density at radius 2 is 2.00 bits per heavy atom. The maximum atomic E-state index is 11.6. The van der Waals surface area contributed by atoms with Gasteiger partial charge in [0, 0.05) is 20.3 Å². The molecule has 6 nitrogen and oxygen atoms in total. The molecule has 0 aromatic heterocycles. The number of carbonyl (C=O) groups excluding carboxylic acids is 1. The molecule has 0 spiro atoms. The van der Waals surface area contributed by atoms with Crippen molar-refractivity contribution in [1.29, 1.82) is 0 Å². The lowest BCUT2D eigenvalue weighted by Gasteiger charge is -2.15. The third-order valence-electron chi connectivity index (χ3n) is 2.47. The van der Waals surface area contributed by atoms with E-state index >= 15 is 0 Å². The molecule has 0 radical (unpaired) electrons. The predicted octanol–water partition coefficient (Wildman–Crippen LogP) is 1.15. The zero-order valence-electron chi connectivity index (χ0n) is 10.8. The Balaban J connectivity index is 2.51. The molecule has 0 fully saturated rings. The van der Waals surface area contributed by atoms with Crippen LogP contribution in [0.15, 0.2) is 30.3 Å². The molecule has 1 aromatic rings. The van der Waals surface area contributed by atoms with Crippen molar-refractivity contribution in [3.8, 4) is 0 Å². The van der Waals surface area contributed by atoms with Crippen LogP contribution in [0.4, 0.5) is 4.79 Å². The van der Waals surface area contributed by atoms with Gasteiger partial charge in [0.1, 0.15) is 0 Å². The van der Waals surface area contributed by atoms with Gasteiger partial charge >= 0.3 is 12.0 Å². The van der Waals surface area contributed by atoms with E-state index < -0.39 is 18.0 Å². The molecule has 0 unspecified atom stereocenters. The summed E-state index contributed by atoms with van der Waals surface area (Å²) in [6, 6.07) is 6.99. The first-order valence-corrected chi connectivity index (χ1v) is 5.96. The summed E-state index contributed by atoms with van der Waals surface area (Å²) < 4.78 is 4.85. The van der Waals surface area contributed by atoms with Gasteiger partial charge < -0.3 is 20.5 Å². The molecule has 1 atom stereocenters. The highest BCUT2D eigenvalue weighted by Crippen LogP contribution is 2.12. The van der Waals surface area contributed by atoms with E-state index in [-0.39, 0.29) is 0 Å². The molecule has 0 aliphatic heterocycles. The second-order valence-electron chi connectivity index (χ2n) is 3.93. The number of hydrogen-bond donors (Lipinski definition) is 3. The van der Waals surface area contributed by atoms with Crippen molar-refractivity contribution in [2.45, 2.75) is 12.5 Å². The number of carboxylic acids is 1. The van der Waals surface area contributed by atoms with Gasteiger partial charge in [0.2, 0.25) is 0 Å². The zero-order valence-corrected chi connectivity index (χ0v) is 10.8. The van der Waals surface area contributed by atoms with Crippen molar-refractivity contribution in [2.75, 3.05) is 20.3 Å². The van der Waals surface area contributed by atoms with Crippen LogP contribution in [-0.2, 0) is 9.53 Å². The van der Waals surface area contributed by atoms with Crippen LogP contribution in [0.3, 0.4) is 0 Å². The summed E-state index contributed by atoms with van der Waals surface area (Å²) in [7, 11) is 1.58. The topological polar surface area (TPSA) is 87.7 Å². The SMILES string of the molecule is COCCCNC(=O)N[C@H](C(=O)O)c1ccccc1. The minimum Gasteiger partial charge on any atom is -0.479 e. The molecule has 1 rings (SSSR count). The van der Waals surface area contributed by atoms with Crippen molar-refractivity contribution >= 4 is 12.0 Å². The zero-order chi connectivity index (χ0) is 14.1. The molecule has 2 amide bonds. The van der Waals surface area contributed by atoms with Gasteiger partial charge in [0.25, 0.3) is 0 Å². The van der Waals surface area contributed by atoms with Crippen LogP contribution in [0.2, 0.25) is 0 Å². The average molecular weight is 266 g/mol. The third kappa shape index (κ3) is 5.39. The standard InChI is InChI=1S/C13H18N2O4/c1-19-9-5-8-14-13(18)15-11(12(16)17)10-6-3-2-4-7-10/h2-4,6-7,11H,5,8-9H2,1H3,(H,16,17)(H2,14,15,18)/t11-/m0/s1. The molecule has 0 aliphatic carbocycles. The molecule has 1 aromatic carbocycles. The Morgan fingerprint density at radius 3 is 2.58 bits per heavy atom. The van der Waals surface area contributed by atoms with E-state index in [1.807, 2.05) is 0 Å². The Hall–Kier alpha value is -2.08. The molecule has 0 saturated heterocycles. The van der Waals surface area contributed by atoms with Crippen LogP contribution in [0.25, 0.3) is 0 Å². The molecule has 6 heteroatoms. The summed E-state index contributed by atoms with van der Waals surface area (Å²) >= 11 is 0. The second-order valence-corrected chi connectivity index (χ2v) is 3.93. The normalized spacial score (nSPS) is 11.6. The van der Waals surface area contributed by atoms with Crippen molar-refractivity contribution in [2.24, 2.45) is 0 Å². The second kappa shape index (κ2) is 8.10. The van der Waals surface area contributed by atoms with Crippen LogP contribution in [0, 0.1) is 0 Å². The molecule has 104 valence electrons. The number of aliphatic carboxylic acids is 1. The lowest BCUT2D eigenvalue weighted by Crippen LogP contribution is -2.41. The monoisotopic (exact) mass is 266 g/mol. The van der Waals surface area contributed by atoms with Gasteiger partial charge in [-0.1, -0.05) is 30.3 Å². The summed E-state index contributed by atoms with van der Waals surface area (Å²) in [5.41, 5.74) is 0.530. The summed E-state index contributed by atoms with van der Waals surface area (Å²) in [5, 5.41) is 14.1. The Labute approximate surface area is 111 Å². The van der Waals surface area contributed by atoms with Crippen molar-refractivity contribution in [3.63, 3.8) is 0 Å². The van der Waals surface area contributed by atoms with Gasteiger partial charge in [-0.2, -0.15) is 0 Å². The van der Waals surface area contributed by atoms with E-state index in [9.17, 15) is 9.59 Å². The fraction of sp³-hybridized carbons (Fsp3) is 0.385. The maximum absolute atomic E-state index is 11.6. The summed E-state index contributed by atoms with van der Waals surface area (Å²) in [5.74, 6) is -1.10. The number of urea groups is 1. The number of amides is 2. The first kappa shape index (κ1) is 15.0. The molecule has 0 bridgehead atoms. The first-order chi connectivity index (χ1) is 9.15. The highest BCUT2D eigenvalue weighted by atomic mass is 16.5. The van der Waals surface area contributed by atoms with Crippen LogP contribution < -0.4 is 10.6 Å². The fourth-order valence-corrected chi connectivity index (χ4v) is 1.53. The highest BCUT2D eigenvalue weighted by molar-refractivity contribution is 5.83. The quantitative estimate of drug-likeness (QED) is 0.646. The summed E-state index contributed by atoms with van der Waals surface area (Å²) in [4.78, 5) is 22.7. The van der Waals surface area contributed by atoms with Gasteiger partial charge in [0.05, 0.1) is 0 Å². The van der Waals surface area contributed by atoms with Crippen LogP contribution in [0.1, 0.15) is 18.0 Å². The Kier molecular flexibility index (Phi) is 6.38. The minimum absolute atomic E-state index is 0.431. The first-order valence-electron chi connectivity index (χ1n) is 5.96. The van der Waals surface area contributed by atoms with E-state index in [0.29, 0.717) is 25.1 Å². The lowest BCUT2D eigenvalue weighted by molar-refractivity contribution is -0.139. The number of carboxylic acid groups (broad SMARTS) is 1. The van der Waals surface area contributed by atoms with Gasteiger partial charge in [-0.25, -0.2) is 9.59 Å². The smallest absolute Gasteiger partial charge is 0.330 e. The van der Waals surface area contributed by atoms with E-state index in [1.54, 1.807) is 37.4 Å². The van der Waals surface area contributed by atoms with Crippen LogP contribution in [-0.4, -0.2) is 37.4 Å². The molecule has 0 heterocycles. The number of rotatable bonds is 7. The van der Waals surface area contributed by atoms with Gasteiger partial charge in [-0.15, -0.1) is 0 Å². The van der Waals surface area contributed by atoms with Crippen LogP contribution in [0.5, 0.6) is 0 Å². The molecule has 0 saturated carbocycles. The van der Waals surface area contributed by atoms with Crippen molar-refractivity contribution in [3.05, 3.63) is 35.9 Å². The average Bonchev–Trinajstić information content (AvgIpc) is 2.41. The Bertz CT molecular complexity index is 408. The van der Waals surface area contributed by atoms with Crippen molar-refractivity contribution < 1.29 is 19.4 Å². The fourth-order valence-electron chi connectivity index (χ4n) is 1.53. The van der Waals surface area contributed by atoms with E-state index in [1.165, 1.54) is 0 Å². The van der Waals surface area contributed by atoms with E-state index in [2.05, 4.69) is 10.6 Å².